The molecule has 0 spiro atoms. The minimum Gasteiger partial charge on any atom is -0.326 e. The third-order valence-electron chi connectivity index (χ3n) is 4.03. The number of para-hydroxylation sites is 1. The van der Waals surface area contributed by atoms with Gasteiger partial charge in [-0.1, -0.05) is 12.1 Å². The highest BCUT2D eigenvalue weighted by molar-refractivity contribution is 6.16. The number of hydrogen-bond acceptors (Lipinski definition) is 2. The van der Waals surface area contributed by atoms with E-state index in [1.54, 1.807) is 0 Å². The lowest BCUT2D eigenvalue weighted by Gasteiger charge is -2.17. The highest BCUT2D eigenvalue weighted by atomic mass is 35.5. The van der Waals surface area contributed by atoms with Gasteiger partial charge in [-0.2, -0.15) is 0 Å². The summed E-state index contributed by atoms with van der Waals surface area (Å²) < 4.78 is 2.27. The zero-order valence-electron chi connectivity index (χ0n) is 11.6. The van der Waals surface area contributed by atoms with Crippen LogP contribution >= 0.6 is 11.6 Å². The Hall–Kier alpha value is -1.06. The number of aromatic nitrogens is 2. The van der Waals surface area contributed by atoms with Crippen LogP contribution in [-0.4, -0.2) is 34.1 Å². The van der Waals surface area contributed by atoms with Gasteiger partial charge in [-0.3, -0.25) is 0 Å². The molecule has 19 heavy (non-hydrogen) atoms. The van der Waals surface area contributed by atoms with Crippen molar-refractivity contribution >= 4 is 22.6 Å². The van der Waals surface area contributed by atoms with E-state index in [-0.39, 0.29) is 0 Å². The van der Waals surface area contributed by atoms with Gasteiger partial charge in [0, 0.05) is 19.1 Å². The molecule has 0 unspecified atom stereocenters. The smallest absolute Gasteiger partial charge is 0.124 e. The number of rotatable bonds is 5. The Labute approximate surface area is 119 Å². The second-order valence-corrected chi connectivity index (χ2v) is 5.73. The first-order valence-corrected chi connectivity index (χ1v) is 7.45. The maximum absolute atomic E-state index is 6.05. The summed E-state index contributed by atoms with van der Waals surface area (Å²) in [6.07, 6.45) is 2.70. The Morgan fingerprint density at radius 2 is 2.21 bits per heavy atom. The predicted molar refractivity (Wildman–Crippen MR) is 79.7 cm³/mol. The van der Waals surface area contributed by atoms with E-state index < -0.39 is 0 Å². The molecule has 0 N–H and O–H groups in total. The second-order valence-electron chi connectivity index (χ2n) is 5.47. The van der Waals surface area contributed by atoms with Crippen LogP contribution in [0.3, 0.4) is 0 Å². The Balaban J connectivity index is 1.89. The fourth-order valence-electron chi connectivity index (χ4n) is 2.64. The summed E-state index contributed by atoms with van der Waals surface area (Å²) in [6.45, 7) is 4.14. The lowest BCUT2D eigenvalue weighted by Crippen LogP contribution is -2.25. The number of hydrogen-bond donors (Lipinski definition) is 0. The van der Waals surface area contributed by atoms with E-state index in [0.717, 1.165) is 30.5 Å². The number of alkyl halides is 1. The molecule has 3 rings (SSSR count). The van der Waals surface area contributed by atoms with Crippen LogP contribution in [0, 0.1) is 6.92 Å². The molecule has 1 heterocycles. The standard InChI is InChI=1S/C15H20ClN3/c1-11-4-3-5-13-15(11)17-14(10-16)19(13)9-8-18(2)12-6-7-12/h3-5,12H,6-10H2,1-2H3. The van der Waals surface area contributed by atoms with Crippen LogP contribution in [0.15, 0.2) is 18.2 Å². The first kappa shape index (κ1) is 12.9. The average Bonchev–Trinajstić information content (AvgIpc) is 3.19. The van der Waals surface area contributed by atoms with Gasteiger partial charge in [0.05, 0.1) is 16.9 Å². The molecule has 3 nitrogen and oxygen atoms in total. The van der Waals surface area contributed by atoms with Crippen molar-refractivity contribution in [3.63, 3.8) is 0 Å². The molecule has 1 aromatic carbocycles. The summed E-state index contributed by atoms with van der Waals surface area (Å²) in [5, 5.41) is 0. The van der Waals surface area contributed by atoms with Gasteiger partial charge in [-0.25, -0.2) is 4.98 Å². The molecule has 102 valence electrons. The van der Waals surface area contributed by atoms with Crippen molar-refractivity contribution < 1.29 is 0 Å². The zero-order chi connectivity index (χ0) is 13.4. The molecule has 1 aliphatic carbocycles. The van der Waals surface area contributed by atoms with Crippen molar-refractivity contribution in [3.8, 4) is 0 Å². The number of imidazole rings is 1. The number of benzene rings is 1. The SMILES string of the molecule is Cc1cccc2c1nc(CCl)n2CCN(C)C1CC1. The van der Waals surface area contributed by atoms with Crippen LogP contribution in [0.5, 0.6) is 0 Å². The third-order valence-corrected chi connectivity index (χ3v) is 4.26. The van der Waals surface area contributed by atoms with Crippen molar-refractivity contribution in [1.29, 1.82) is 0 Å². The van der Waals surface area contributed by atoms with Crippen LogP contribution in [-0.2, 0) is 12.4 Å². The van der Waals surface area contributed by atoms with E-state index in [2.05, 4.69) is 46.6 Å². The number of aryl methyl sites for hydroxylation is 1. The van der Waals surface area contributed by atoms with E-state index in [4.69, 9.17) is 11.6 Å². The minimum atomic E-state index is 0.473. The molecular weight excluding hydrogens is 258 g/mol. The molecule has 1 aromatic heterocycles. The maximum atomic E-state index is 6.05. The summed E-state index contributed by atoms with van der Waals surface area (Å²) in [5.41, 5.74) is 3.52. The van der Waals surface area contributed by atoms with E-state index >= 15 is 0 Å². The normalized spacial score (nSPS) is 15.6. The molecule has 4 heteroatoms. The number of nitrogens with zero attached hydrogens (tertiary/aromatic N) is 3. The van der Waals surface area contributed by atoms with Crippen LogP contribution in [0.4, 0.5) is 0 Å². The van der Waals surface area contributed by atoms with Gasteiger partial charge in [0.2, 0.25) is 0 Å². The quantitative estimate of drug-likeness (QED) is 0.783. The lowest BCUT2D eigenvalue weighted by molar-refractivity contribution is 0.309. The van der Waals surface area contributed by atoms with Crippen LogP contribution in [0.25, 0.3) is 11.0 Å². The van der Waals surface area contributed by atoms with Crippen molar-refractivity contribution in [2.45, 2.75) is 38.2 Å². The van der Waals surface area contributed by atoms with E-state index in [0.29, 0.717) is 5.88 Å². The molecule has 0 atom stereocenters. The predicted octanol–water partition coefficient (Wildman–Crippen LogP) is 3.18. The zero-order valence-corrected chi connectivity index (χ0v) is 12.3. The molecular formula is C15H20ClN3. The molecule has 1 aliphatic rings. The van der Waals surface area contributed by atoms with Crippen molar-refractivity contribution in [1.82, 2.24) is 14.5 Å². The third kappa shape index (κ3) is 2.49. The Bertz CT molecular complexity index is 586. The fourth-order valence-corrected chi connectivity index (χ4v) is 2.85. The Morgan fingerprint density at radius 3 is 2.89 bits per heavy atom. The van der Waals surface area contributed by atoms with Gasteiger partial charge in [0.25, 0.3) is 0 Å². The van der Waals surface area contributed by atoms with Gasteiger partial charge in [0.15, 0.2) is 0 Å². The van der Waals surface area contributed by atoms with Gasteiger partial charge in [0.1, 0.15) is 5.82 Å². The highest BCUT2D eigenvalue weighted by Gasteiger charge is 2.25. The van der Waals surface area contributed by atoms with E-state index in [9.17, 15) is 0 Å². The van der Waals surface area contributed by atoms with Gasteiger partial charge in [-0.05, 0) is 38.4 Å². The lowest BCUT2D eigenvalue weighted by atomic mass is 10.2. The molecule has 0 saturated heterocycles. The van der Waals surface area contributed by atoms with Crippen molar-refractivity contribution in [2.24, 2.45) is 0 Å². The number of fused-ring (bicyclic) bond motifs is 1. The summed E-state index contributed by atoms with van der Waals surface area (Å²) in [4.78, 5) is 7.13. The Morgan fingerprint density at radius 1 is 1.42 bits per heavy atom. The van der Waals surface area contributed by atoms with Gasteiger partial charge in [-0.15, -0.1) is 11.6 Å². The Kier molecular flexibility index (Phi) is 3.50. The number of halogens is 1. The van der Waals surface area contributed by atoms with Crippen LogP contribution < -0.4 is 0 Å². The summed E-state index contributed by atoms with van der Waals surface area (Å²) in [5.74, 6) is 1.46. The monoisotopic (exact) mass is 277 g/mol. The molecule has 0 radical (unpaired) electrons. The van der Waals surface area contributed by atoms with Gasteiger partial charge < -0.3 is 9.47 Å². The summed E-state index contributed by atoms with van der Waals surface area (Å²) >= 11 is 6.05. The topological polar surface area (TPSA) is 21.1 Å². The van der Waals surface area contributed by atoms with Gasteiger partial charge >= 0.3 is 0 Å². The molecule has 1 fully saturated rings. The average molecular weight is 278 g/mol. The van der Waals surface area contributed by atoms with Crippen LogP contribution in [0.1, 0.15) is 24.2 Å². The summed E-state index contributed by atoms with van der Waals surface area (Å²) in [7, 11) is 2.21. The number of likely N-dealkylation sites (N-methyl/N-ethyl adjacent to an activating group) is 1. The highest BCUT2D eigenvalue weighted by Crippen LogP contribution is 2.26. The second kappa shape index (κ2) is 5.14. The first-order valence-electron chi connectivity index (χ1n) is 6.91. The molecule has 0 bridgehead atoms. The van der Waals surface area contributed by atoms with Crippen molar-refractivity contribution in [3.05, 3.63) is 29.6 Å². The maximum Gasteiger partial charge on any atom is 0.124 e. The first-order chi connectivity index (χ1) is 9.20. The largest absolute Gasteiger partial charge is 0.326 e. The molecule has 0 aliphatic heterocycles. The van der Waals surface area contributed by atoms with E-state index in [1.165, 1.54) is 23.9 Å². The molecule has 0 amide bonds. The summed E-state index contributed by atoms with van der Waals surface area (Å²) in [6, 6.07) is 7.14. The molecule has 1 saturated carbocycles. The van der Waals surface area contributed by atoms with Crippen LogP contribution in [0.2, 0.25) is 0 Å². The van der Waals surface area contributed by atoms with Crippen molar-refractivity contribution in [2.75, 3.05) is 13.6 Å². The molecule has 2 aromatic rings. The fraction of sp³-hybridized carbons (Fsp3) is 0.533. The van der Waals surface area contributed by atoms with E-state index in [1.807, 2.05) is 0 Å². The minimum absolute atomic E-state index is 0.473.